The van der Waals surface area contributed by atoms with Crippen molar-refractivity contribution in [3.8, 4) is 0 Å². The van der Waals surface area contributed by atoms with Gasteiger partial charge >= 0.3 is 0 Å². The summed E-state index contributed by atoms with van der Waals surface area (Å²) in [4.78, 5) is 23.7. The predicted molar refractivity (Wildman–Crippen MR) is 89.9 cm³/mol. The fourth-order valence-corrected chi connectivity index (χ4v) is 2.19. The Bertz CT molecular complexity index is 730. The molecule has 3 N–H and O–H groups in total. The zero-order valence-electron chi connectivity index (χ0n) is 11.5. The molecule has 0 bridgehead atoms. The summed E-state index contributed by atoms with van der Waals surface area (Å²) in [5.74, 6) is -0.622. The van der Waals surface area contributed by atoms with Crippen molar-refractivity contribution in [1.82, 2.24) is 10.6 Å². The highest BCUT2D eigenvalue weighted by atomic mass is 79.9. The van der Waals surface area contributed by atoms with Gasteiger partial charge < -0.3 is 15.1 Å². The summed E-state index contributed by atoms with van der Waals surface area (Å²) in [6.45, 7) is 0. The van der Waals surface area contributed by atoms with Crippen molar-refractivity contribution >= 4 is 50.8 Å². The molecule has 0 radical (unpaired) electrons. The molecule has 2 aromatic rings. The van der Waals surface area contributed by atoms with Gasteiger partial charge in [-0.05, 0) is 52.4 Å². The van der Waals surface area contributed by atoms with E-state index in [0.717, 1.165) is 0 Å². The van der Waals surface area contributed by atoms with Crippen molar-refractivity contribution in [3.63, 3.8) is 0 Å². The number of rotatable bonds is 3. The average Bonchev–Trinajstić information content (AvgIpc) is 2.93. The minimum absolute atomic E-state index is 0.0638. The molecule has 6 nitrogen and oxygen atoms in total. The van der Waals surface area contributed by atoms with Crippen molar-refractivity contribution in [2.45, 2.75) is 0 Å². The number of carbonyl (C=O) groups excluding carboxylic acids is 2. The third-order valence-electron chi connectivity index (χ3n) is 2.67. The van der Waals surface area contributed by atoms with Gasteiger partial charge in [-0.1, -0.05) is 12.1 Å². The molecule has 0 spiro atoms. The van der Waals surface area contributed by atoms with E-state index in [0.29, 0.717) is 15.9 Å². The van der Waals surface area contributed by atoms with Crippen LogP contribution in [0.1, 0.15) is 20.9 Å². The van der Waals surface area contributed by atoms with Crippen LogP contribution < -0.4 is 16.0 Å². The molecular weight excluding hydrogens is 370 g/mol. The van der Waals surface area contributed by atoms with E-state index in [1.807, 2.05) is 0 Å². The van der Waals surface area contributed by atoms with E-state index in [1.165, 1.54) is 13.1 Å². The van der Waals surface area contributed by atoms with Crippen LogP contribution in [-0.4, -0.2) is 24.0 Å². The summed E-state index contributed by atoms with van der Waals surface area (Å²) in [6, 6.07) is 9.94. The van der Waals surface area contributed by atoms with Gasteiger partial charge in [0.15, 0.2) is 15.5 Å². The molecule has 0 aliphatic rings. The van der Waals surface area contributed by atoms with Gasteiger partial charge in [0.05, 0.1) is 11.3 Å². The third kappa shape index (κ3) is 3.92. The molecule has 0 aliphatic heterocycles. The number of carbonyl (C=O) groups is 2. The third-order valence-corrected chi connectivity index (χ3v) is 3.30. The predicted octanol–water partition coefficient (Wildman–Crippen LogP) is 2.53. The minimum Gasteiger partial charge on any atom is -0.444 e. The number of nitrogens with one attached hydrogen (secondary N) is 3. The zero-order valence-corrected chi connectivity index (χ0v) is 13.9. The molecule has 1 aromatic heterocycles. The second-order valence-electron chi connectivity index (χ2n) is 4.14. The fourth-order valence-electron chi connectivity index (χ4n) is 1.68. The van der Waals surface area contributed by atoms with E-state index < -0.39 is 5.91 Å². The van der Waals surface area contributed by atoms with Crippen LogP contribution in [0.3, 0.4) is 0 Å². The Morgan fingerprint density at radius 1 is 1.14 bits per heavy atom. The van der Waals surface area contributed by atoms with Gasteiger partial charge in [-0.3, -0.25) is 14.9 Å². The Kier molecular flexibility index (Phi) is 5.29. The lowest BCUT2D eigenvalue weighted by molar-refractivity contribution is 0.0946. The first kappa shape index (κ1) is 16.2. The van der Waals surface area contributed by atoms with Gasteiger partial charge in [0.25, 0.3) is 11.8 Å². The van der Waals surface area contributed by atoms with E-state index in [4.69, 9.17) is 16.6 Å². The van der Waals surface area contributed by atoms with Gasteiger partial charge in [0.2, 0.25) is 0 Å². The highest BCUT2D eigenvalue weighted by Crippen LogP contribution is 2.16. The molecule has 1 heterocycles. The molecule has 114 valence electrons. The quantitative estimate of drug-likeness (QED) is 0.711. The van der Waals surface area contributed by atoms with E-state index in [-0.39, 0.29) is 16.8 Å². The molecule has 2 amide bonds. The maximum Gasteiger partial charge on any atom is 0.293 e. The number of hydrogen-bond acceptors (Lipinski definition) is 4. The molecule has 0 saturated carbocycles. The first-order valence-corrected chi connectivity index (χ1v) is 7.40. The highest BCUT2D eigenvalue weighted by Gasteiger charge is 2.14. The van der Waals surface area contributed by atoms with Gasteiger partial charge in [0, 0.05) is 7.05 Å². The minimum atomic E-state index is -0.486. The van der Waals surface area contributed by atoms with Crippen LogP contribution in [-0.2, 0) is 0 Å². The number of benzene rings is 1. The lowest BCUT2D eigenvalue weighted by atomic mass is 10.1. The Labute approximate surface area is 140 Å². The lowest BCUT2D eigenvalue weighted by Crippen LogP contribution is -2.34. The van der Waals surface area contributed by atoms with Crippen LogP contribution in [0.15, 0.2) is 45.5 Å². The summed E-state index contributed by atoms with van der Waals surface area (Å²) >= 11 is 8.19. The van der Waals surface area contributed by atoms with Crippen LogP contribution in [0.25, 0.3) is 0 Å². The van der Waals surface area contributed by atoms with E-state index in [1.54, 1.807) is 30.3 Å². The molecule has 1 aromatic carbocycles. The Morgan fingerprint density at radius 3 is 2.50 bits per heavy atom. The summed E-state index contributed by atoms with van der Waals surface area (Å²) in [7, 11) is 1.54. The van der Waals surface area contributed by atoms with E-state index in [9.17, 15) is 9.59 Å². The summed E-state index contributed by atoms with van der Waals surface area (Å²) in [5, 5.41) is 7.89. The maximum atomic E-state index is 11.9. The Hall–Kier alpha value is -2.19. The second kappa shape index (κ2) is 7.19. The fraction of sp³-hybridized carbons (Fsp3) is 0.0714. The average molecular weight is 382 g/mol. The largest absolute Gasteiger partial charge is 0.444 e. The zero-order chi connectivity index (χ0) is 16.1. The smallest absolute Gasteiger partial charge is 0.293 e. The molecule has 8 heteroatoms. The van der Waals surface area contributed by atoms with Crippen molar-refractivity contribution in [1.29, 1.82) is 0 Å². The molecule has 0 saturated heterocycles. The van der Waals surface area contributed by atoms with E-state index in [2.05, 4.69) is 31.9 Å². The summed E-state index contributed by atoms with van der Waals surface area (Å²) in [5.41, 5.74) is 0.912. The number of halogens is 1. The van der Waals surface area contributed by atoms with Crippen LogP contribution in [0, 0.1) is 0 Å². The van der Waals surface area contributed by atoms with Crippen molar-refractivity contribution in [2.24, 2.45) is 0 Å². The molecule has 0 aliphatic carbocycles. The first-order valence-electron chi connectivity index (χ1n) is 6.20. The summed E-state index contributed by atoms with van der Waals surface area (Å²) in [6.07, 6.45) is 0. The van der Waals surface area contributed by atoms with Gasteiger partial charge in [-0.25, -0.2) is 0 Å². The molecule has 0 fully saturated rings. The Balaban J connectivity index is 2.06. The SMILES string of the molecule is CNC(=O)c1ccccc1NC(=S)NC(=O)c1ccc(Br)o1. The summed E-state index contributed by atoms with van der Waals surface area (Å²) < 4.78 is 5.57. The first-order chi connectivity index (χ1) is 10.5. The lowest BCUT2D eigenvalue weighted by Gasteiger charge is -2.12. The van der Waals surface area contributed by atoms with Crippen LogP contribution >= 0.6 is 28.1 Å². The van der Waals surface area contributed by atoms with Gasteiger partial charge in [-0.15, -0.1) is 0 Å². The van der Waals surface area contributed by atoms with E-state index >= 15 is 0 Å². The number of anilines is 1. The van der Waals surface area contributed by atoms with Crippen molar-refractivity contribution in [2.75, 3.05) is 12.4 Å². The number of thiocarbonyl (C=S) groups is 1. The standard InChI is InChI=1S/C14H12BrN3O3S/c1-16-12(19)8-4-2-3-5-9(8)17-14(22)18-13(20)10-6-7-11(15)21-10/h2-7H,1H3,(H,16,19)(H2,17,18,20,22). The van der Waals surface area contributed by atoms with Crippen molar-refractivity contribution < 1.29 is 14.0 Å². The van der Waals surface area contributed by atoms with Crippen LogP contribution in [0.5, 0.6) is 0 Å². The Morgan fingerprint density at radius 2 is 1.86 bits per heavy atom. The second-order valence-corrected chi connectivity index (χ2v) is 5.33. The van der Waals surface area contributed by atoms with Crippen molar-refractivity contribution in [3.05, 3.63) is 52.4 Å². The van der Waals surface area contributed by atoms with Crippen LogP contribution in [0.4, 0.5) is 5.69 Å². The number of amides is 2. The molecule has 0 unspecified atom stereocenters. The number of para-hydroxylation sites is 1. The molecule has 0 atom stereocenters. The van der Waals surface area contributed by atoms with Gasteiger partial charge in [0.1, 0.15) is 0 Å². The molecule has 2 rings (SSSR count). The topological polar surface area (TPSA) is 83.4 Å². The maximum absolute atomic E-state index is 11.9. The monoisotopic (exact) mass is 381 g/mol. The molecule has 22 heavy (non-hydrogen) atoms. The van der Waals surface area contributed by atoms with Crippen LogP contribution in [0.2, 0.25) is 0 Å². The number of hydrogen-bond donors (Lipinski definition) is 3. The normalized spacial score (nSPS) is 9.91. The highest BCUT2D eigenvalue weighted by molar-refractivity contribution is 9.10. The number of furan rings is 1. The van der Waals surface area contributed by atoms with Gasteiger partial charge in [-0.2, -0.15) is 0 Å². The molecular formula is C14H12BrN3O3S.